The van der Waals surface area contributed by atoms with E-state index in [1.165, 1.54) is 29.5 Å². The van der Waals surface area contributed by atoms with Crippen molar-refractivity contribution in [2.24, 2.45) is 0 Å². The third-order valence-corrected chi connectivity index (χ3v) is 5.77. The number of rotatable bonds is 6. The van der Waals surface area contributed by atoms with Gasteiger partial charge in [0.15, 0.2) is 5.16 Å². The van der Waals surface area contributed by atoms with Gasteiger partial charge in [-0.3, -0.25) is 10.1 Å². The third-order valence-electron chi connectivity index (χ3n) is 4.00. The second-order valence-corrected chi connectivity index (χ2v) is 7.93. The number of nitro groups is 1. The van der Waals surface area contributed by atoms with Crippen LogP contribution in [0.25, 0.3) is 23.4 Å². The lowest BCUT2D eigenvalue weighted by molar-refractivity contribution is -0.387. The molecule has 4 aromatic rings. The first-order valence-corrected chi connectivity index (χ1v) is 10.4. The fourth-order valence-electron chi connectivity index (χ4n) is 2.59. The summed E-state index contributed by atoms with van der Waals surface area (Å²) in [7, 11) is 0. The predicted molar refractivity (Wildman–Crippen MR) is 116 cm³/mol. The first-order chi connectivity index (χ1) is 14.6. The van der Waals surface area contributed by atoms with E-state index in [4.69, 9.17) is 0 Å². The van der Waals surface area contributed by atoms with Gasteiger partial charge in [-0.2, -0.15) is 0 Å². The van der Waals surface area contributed by atoms with E-state index in [9.17, 15) is 14.5 Å². The summed E-state index contributed by atoms with van der Waals surface area (Å²) >= 11 is 2.58. The Balaban J connectivity index is 1.54. The molecule has 0 aliphatic carbocycles. The summed E-state index contributed by atoms with van der Waals surface area (Å²) in [6.45, 7) is 0. The van der Waals surface area contributed by atoms with Crippen molar-refractivity contribution in [3.05, 3.63) is 92.8 Å². The Bertz CT molecular complexity index is 1210. The molecule has 2 aromatic carbocycles. The Morgan fingerprint density at radius 2 is 1.83 bits per heavy atom. The Hall–Kier alpha value is -3.43. The summed E-state index contributed by atoms with van der Waals surface area (Å²) in [6, 6.07) is 12.8. The highest BCUT2D eigenvalue weighted by atomic mass is 32.2. The molecular weight excluding hydrogens is 423 g/mol. The number of halogens is 1. The largest absolute Gasteiger partial charge is 0.283 e. The normalized spacial score (nSPS) is 11.1. The number of nitrogens with zero attached hydrogens (tertiary/aromatic N) is 4. The van der Waals surface area contributed by atoms with Gasteiger partial charge in [-0.25, -0.2) is 19.3 Å². The number of benzene rings is 2. The highest BCUT2D eigenvalue weighted by Crippen LogP contribution is 2.34. The number of aromatic nitrogens is 3. The molecule has 0 unspecified atom stereocenters. The second kappa shape index (κ2) is 8.93. The fraction of sp³-hybridized carbons (Fsp3) is 0. The molecule has 6 nitrogen and oxygen atoms in total. The highest BCUT2D eigenvalue weighted by molar-refractivity contribution is 7.99. The van der Waals surface area contributed by atoms with Crippen LogP contribution in [0, 0.1) is 15.9 Å². The van der Waals surface area contributed by atoms with Crippen LogP contribution in [-0.2, 0) is 0 Å². The molecule has 0 saturated carbocycles. The van der Waals surface area contributed by atoms with E-state index in [1.807, 2.05) is 5.38 Å². The summed E-state index contributed by atoms with van der Waals surface area (Å²) in [5.74, 6) is -0.295. The molecule has 0 bridgehead atoms. The lowest BCUT2D eigenvalue weighted by Crippen LogP contribution is -1.93. The van der Waals surface area contributed by atoms with Gasteiger partial charge in [0.05, 0.1) is 15.5 Å². The summed E-state index contributed by atoms with van der Waals surface area (Å²) in [5, 5.41) is 14.6. The number of nitro benzene ring substituents is 1. The van der Waals surface area contributed by atoms with Gasteiger partial charge in [0.25, 0.3) is 5.69 Å². The molecule has 0 atom stereocenters. The van der Waals surface area contributed by atoms with Crippen LogP contribution in [-0.4, -0.2) is 19.9 Å². The van der Waals surface area contributed by atoms with Gasteiger partial charge >= 0.3 is 0 Å². The molecule has 0 aliphatic heterocycles. The van der Waals surface area contributed by atoms with Crippen molar-refractivity contribution in [3.8, 4) is 11.3 Å². The zero-order valence-electron chi connectivity index (χ0n) is 15.3. The van der Waals surface area contributed by atoms with Gasteiger partial charge in [0, 0.05) is 29.4 Å². The molecule has 2 aromatic heterocycles. The van der Waals surface area contributed by atoms with Crippen LogP contribution in [0.1, 0.15) is 10.6 Å². The van der Waals surface area contributed by atoms with E-state index < -0.39 is 4.92 Å². The first kappa shape index (κ1) is 19.9. The van der Waals surface area contributed by atoms with Crippen LogP contribution in [0.15, 0.2) is 76.4 Å². The van der Waals surface area contributed by atoms with E-state index >= 15 is 0 Å². The maximum atomic E-state index is 13.1. The molecule has 4 rings (SSSR count). The molecule has 2 heterocycles. The van der Waals surface area contributed by atoms with Crippen molar-refractivity contribution in [3.63, 3.8) is 0 Å². The zero-order chi connectivity index (χ0) is 20.9. The summed E-state index contributed by atoms with van der Waals surface area (Å²) in [5.41, 5.74) is 2.24. The van der Waals surface area contributed by atoms with Crippen molar-refractivity contribution >= 4 is 40.9 Å². The van der Waals surface area contributed by atoms with Crippen LogP contribution in [0.2, 0.25) is 0 Å². The lowest BCUT2D eigenvalue weighted by atomic mass is 10.2. The van der Waals surface area contributed by atoms with Gasteiger partial charge in [-0.05, 0) is 59.8 Å². The molecule has 30 heavy (non-hydrogen) atoms. The molecule has 9 heteroatoms. The van der Waals surface area contributed by atoms with Crippen LogP contribution >= 0.6 is 23.1 Å². The Labute approximate surface area is 179 Å². The van der Waals surface area contributed by atoms with Crippen LogP contribution < -0.4 is 0 Å². The van der Waals surface area contributed by atoms with Crippen molar-refractivity contribution in [2.45, 2.75) is 10.1 Å². The SMILES string of the molecule is O=[N+]([O-])c1cc(/C=C/c2nc(-c3ccc(F)cc3)cs2)ccc1Sc1ncccn1. The lowest BCUT2D eigenvalue weighted by Gasteiger charge is -2.02. The Morgan fingerprint density at radius 3 is 2.57 bits per heavy atom. The minimum Gasteiger partial charge on any atom is -0.258 e. The zero-order valence-corrected chi connectivity index (χ0v) is 16.9. The summed E-state index contributed by atoms with van der Waals surface area (Å²) in [4.78, 5) is 24.3. The van der Waals surface area contributed by atoms with Gasteiger partial charge in [-0.15, -0.1) is 11.3 Å². The second-order valence-electron chi connectivity index (χ2n) is 6.03. The third kappa shape index (κ3) is 4.76. The van der Waals surface area contributed by atoms with Gasteiger partial charge in [0.2, 0.25) is 0 Å². The highest BCUT2D eigenvalue weighted by Gasteiger charge is 2.16. The molecular formula is C21H13FN4O2S2. The summed E-state index contributed by atoms with van der Waals surface area (Å²) in [6.07, 6.45) is 6.75. The molecule has 0 aliphatic rings. The minimum atomic E-state index is -0.418. The van der Waals surface area contributed by atoms with Gasteiger partial charge in [0.1, 0.15) is 10.8 Å². The van der Waals surface area contributed by atoms with Gasteiger partial charge in [-0.1, -0.05) is 12.1 Å². The molecule has 0 radical (unpaired) electrons. The number of hydrogen-bond donors (Lipinski definition) is 0. The van der Waals surface area contributed by atoms with Crippen molar-refractivity contribution in [1.82, 2.24) is 15.0 Å². The van der Waals surface area contributed by atoms with E-state index in [0.29, 0.717) is 15.6 Å². The maximum absolute atomic E-state index is 13.1. The number of hydrogen-bond acceptors (Lipinski definition) is 7. The minimum absolute atomic E-state index is 0.0132. The van der Waals surface area contributed by atoms with Crippen molar-refractivity contribution in [2.75, 3.05) is 0 Å². The molecule has 0 N–H and O–H groups in total. The Morgan fingerprint density at radius 1 is 1.07 bits per heavy atom. The average molecular weight is 436 g/mol. The molecule has 0 saturated heterocycles. The maximum Gasteiger partial charge on any atom is 0.283 e. The van der Waals surface area contributed by atoms with E-state index in [2.05, 4.69) is 15.0 Å². The molecule has 148 valence electrons. The molecule has 0 amide bonds. The van der Waals surface area contributed by atoms with E-state index in [-0.39, 0.29) is 11.5 Å². The fourth-order valence-corrected chi connectivity index (χ4v) is 4.11. The molecule has 0 fully saturated rings. The van der Waals surface area contributed by atoms with Crippen LogP contribution in [0.5, 0.6) is 0 Å². The Kier molecular flexibility index (Phi) is 5.92. The summed E-state index contributed by atoms with van der Waals surface area (Å²) < 4.78 is 13.1. The van der Waals surface area contributed by atoms with Crippen molar-refractivity contribution < 1.29 is 9.31 Å². The van der Waals surface area contributed by atoms with E-state index in [1.54, 1.807) is 54.9 Å². The first-order valence-electron chi connectivity index (χ1n) is 8.71. The quantitative estimate of drug-likeness (QED) is 0.210. The number of thiazole rings is 1. The predicted octanol–water partition coefficient (Wildman–Crippen LogP) is 5.97. The van der Waals surface area contributed by atoms with Crippen molar-refractivity contribution in [1.29, 1.82) is 0 Å². The monoisotopic (exact) mass is 436 g/mol. The van der Waals surface area contributed by atoms with Crippen LogP contribution in [0.3, 0.4) is 0 Å². The van der Waals surface area contributed by atoms with E-state index in [0.717, 1.165) is 28.0 Å². The smallest absolute Gasteiger partial charge is 0.258 e. The molecule has 0 spiro atoms. The standard InChI is InChI=1S/C21H13FN4O2S2/c22-16-6-4-15(5-7-16)17-13-29-20(25-17)9-3-14-2-8-19(18(12-14)26(27)28)30-21-23-10-1-11-24-21/h1-13H/b9-3+. The average Bonchev–Trinajstić information content (AvgIpc) is 3.23. The van der Waals surface area contributed by atoms with Crippen LogP contribution in [0.4, 0.5) is 10.1 Å². The topological polar surface area (TPSA) is 81.8 Å². The van der Waals surface area contributed by atoms with Gasteiger partial charge < -0.3 is 0 Å².